The van der Waals surface area contributed by atoms with Crippen LogP contribution in [0.3, 0.4) is 0 Å². The first kappa shape index (κ1) is 70.0. The number of nitro benzene ring substituents is 2. The fourth-order valence-corrected chi connectivity index (χ4v) is 13.9. The Morgan fingerprint density at radius 2 is 1.21 bits per heavy atom. The predicted octanol–water partition coefficient (Wildman–Crippen LogP) is 14.1. The highest BCUT2D eigenvalue weighted by Gasteiger charge is 2.61. The number of nitrogens with zero attached hydrogens (tertiary/aromatic N) is 4. The second-order valence-electron chi connectivity index (χ2n) is 27.2. The number of nitro groups is 2. The third-order valence-corrected chi connectivity index (χ3v) is 19.7. The van der Waals surface area contributed by atoms with E-state index in [0.29, 0.717) is 73.9 Å². The second kappa shape index (κ2) is 28.5. The summed E-state index contributed by atoms with van der Waals surface area (Å²) in [5, 5.41) is 24.2. The Kier molecular flexibility index (Phi) is 20.5. The van der Waals surface area contributed by atoms with Gasteiger partial charge in [0.25, 0.3) is 11.4 Å². The van der Waals surface area contributed by atoms with Crippen LogP contribution >= 0.6 is 0 Å². The van der Waals surface area contributed by atoms with Crippen molar-refractivity contribution in [1.82, 2.24) is 0 Å². The van der Waals surface area contributed by atoms with Gasteiger partial charge >= 0.3 is 17.9 Å². The van der Waals surface area contributed by atoms with Gasteiger partial charge in [0.2, 0.25) is 0 Å². The van der Waals surface area contributed by atoms with Gasteiger partial charge in [0, 0.05) is 90.5 Å². The normalized spacial score (nSPS) is 18.1. The number of para-hydroxylation sites is 1. The molecule has 510 valence electrons. The Hall–Kier alpha value is -9.82. The number of fused-ring (bicyclic) bond motifs is 4. The summed E-state index contributed by atoms with van der Waals surface area (Å²) in [6.07, 6.45) is 1.03. The number of ketones is 1. The number of aryl methyl sites for hydroxylation is 2. The van der Waals surface area contributed by atoms with Gasteiger partial charge in [0.15, 0.2) is 5.72 Å². The molecule has 0 aromatic heterocycles. The van der Waals surface area contributed by atoms with Crippen LogP contribution in [-0.4, -0.2) is 91.0 Å². The highest BCUT2D eigenvalue weighted by Crippen LogP contribution is 2.58. The number of carbonyl (C=O) groups is 4. The average molecular weight is 1320 g/mol. The van der Waals surface area contributed by atoms with E-state index in [9.17, 15) is 39.4 Å². The van der Waals surface area contributed by atoms with E-state index in [4.69, 9.17) is 33.2 Å². The van der Waals surface area contributed by atoms with Crippen molar-refractivity contribution in [2.24, 2.45) is 0 Å². The smallest absolute Gasteiger partial charge is 0.317 e. The summed E-state index contributed by atoms with van der Waals surface area (Å²) in [6, 6.07) is 47.3. The monoisotopic (exact) mass is 1320 g/mol. The van der Waals surface area contributed by atoms with Gasteiger partial charge < -0.3 is 47.7 Å². The molecule has 0 bridgehead atoms. The summed E-state index contributed by atoms with van der Waals surface area (Å²) in [4.78, 5) is 74.9. The summed E-state index contributed by atoms with van der Waals surface area (Å²) in [7, 11) is 2.89. The van der Waals surface area contributed by atoms with Crippen LogP contribution in [0.25, 0.3) is 0 Å². The minimum absolute atomic E-state index is 0.0387. The Labute approximate surface area is 566 Å². The molecule has 7 aromatic rings. The topological polar surface area (TPSA) is 235 Å². The summed E-state index contributed by atoms with van der Waals surface area (Å²) in [5.41, 5.74) is 8.79. The van der Waals surface area contributed by atoms with Crippen LogP contribution in [-0.2, 0) is 93.3 Å². The molecule has 0 radical (unpaired) electrons. The number of Topliss-reactive ketones (excluding diaryl/α,β-unsaturated/α-hetero) is 1. The number of hydrogen-bond donors (Lipinski definition) is 0. The number of carbonyl (C=O) groups excluding carboxylic acids is 4. The summed E-state index contributed by atoms with van der Waals surface area (Å²) in [5.74, 6) is 0.301. The second-order valence-corrected chi connectivity index (χ2v) is 27.2. The number of rotatable bonds is 23. The first-order chi connectivity index (χ1) is 46.1. The van der Waals surface area contributed by atoms with Crippen LogP contribution in [0.4, 0.5) is 22.7 Å². The van der Waals surface area contributed by atoms with Crippen LogP contribution in [0.1, 0.15) is 144 Å². The largest absolute Gasteiger partial charge is 0.491 e. The molecule has 0 saturated carbocycles. The minimum Gasteiger partial charge on any atom is -0.491 e. The molecule has 7 aromatic carbocycles. The van der Waals surface area contributed by atoms with Gasteiger partial charge in [-0.05, 0) is 117 Å². The average Bonchev–Trinajstić information content (AvgIpc) is 1.57. The lowest BCUT2D eigenvalue weighted by molar-refractivity contribution is -0.385. The van der Waals surface area contributed by atoms with E-state index in [1.54, 1.807) is 26.2 Å². The molecule has 0 N–H and O–H groups in total. The van der Waals surface area contributed by atoms with Gasteiger partial charge in [0.1, 0.15) is 73.1 Å². The van der Waals surface area contributed by atoms with Gasteiger partial charge in [0.05, 0.1) is 40.7 Å². The highest BCUT2D eigenvalue weighted by atomic mass is 16.6. The van der Waals surface area contributed by atoms with Crippen LogP contribution < -0.4 is 28.7 Å². The number of ether oxygens (including phenoxy) is 8. The Bertz CT molecular complexity index is 4090. The minimum atomic E-state index is -0.931. The molecule has 3 aliphatic heterocycles. The van der Waals surface area contributed by atoms with Crippen molar-refractivity contribution in [2.45, 2.75) is 167 Å². The number of anilines is 2. The van der Waals surface area contributed by atoms with Crippen molar-refractivity contribution in [2.75, 3.05) is 43.8 Å². The molecule has 11 rings (SSSR count). The van der Waals surface area contributed by atoms with Crippen molar-refractivity contribution in [3.63, 3.8) is 0 Å². The van der Waals surface area contributed by atoms with E-state index in [1.807, 2.05) is 62.4 Å². The fourth-order valence-electron chi connectivity index (χ4n) is 13.9. The maximum Gasteiger partial charge on any atom is 0.317 e. The Morgan fingerprint density at radius 1 is 0.629 bits per heavy atom. The zero-order valence-corrected chi connectivity index (χ0v) is 57.3. The molecule has 0 fully saturated rings. The standard InChI is InChI=1S/C51H52N4O9.C26H34O7/c1-7-35-23-40(55(60)61)26-44-47(35)63-50(27-37-12-8-9-13-41(37)48(50,3)4)31-52(44)28-33-16-18-34(19-17-33)29-53-43-15-11-10-14-42(43)49(5,6)51(53)21-20-36-24-39(54(58)59)25-38(46(36)64-51)30-62-45(57)22-32(2)56;1-18(29-5)16-31-22-11-7-20(8-12-22)26(3,4)21-9-13-23(14-10-21)32-17-19(2)33-25(28)15-24(27)30-6/h8-19,23-26H,7,20-22,27-31H2,1-6H3;7-14,18-19H,15-17H2,1-6H3. The third kappa shape index (κ3) is 14.5. The maximum absolute atomic E-state index is 12.5. The lowest BCUT2D eigenvalue weighted by Gasteiger charge is -2.50. The van der Waals surface area contributed by atoms with Crippen molar-refractivity contribution in [3.8, 4) is 23.0 Å². The van der Waals surface area contributed by atoms with Gasteiger partial charge in [-0.3, -0.25) is 39.4 Å². The molecule has 97 heavy (non-hydrogen) atoms. The Morgan fingerprint density at radius 3 is 1.79 bits per heavy atom. The van der Waals surface area contributed by atoms with Crippen molar-refractivity contribution >= 4 is 46.4 Å². The van der Waals surface area contributed by atoms with Crippen LogP contribution in [0.15, 0.2) is 146 Å². The highest BCUT2D eigenvalue weighted by molar-refractivity contribution is 5.94. The molecular formula is C77H86N4O16. The molecule has 2 spiro atoms. The summed E-state index contributed by atoms with van der Waals surface area (Å²) < 4.78 is 46.1. The van der Waals surface area contributed by atoms with Crippen molar-refractivity contribution in [1.29, 1.82) is 0 Å². The van der Waals surface area contributed by atoms with Crippen LogP contribution in [0.2, 0.25) is 0 Å². The maximum atomic E-state index is 12.5. The molecule has 4 aliphatic rings. The van der Waals surface area contributed by atoms with Gasteiger partial charge in [-0.25, -0.2) is 0 Å². The summed E-state index contributed by atoms with van der Waals surface area (Å²) in [6.45, 7) is 22.0. The number of esters is 3. The first-order valence-corrected chi connectivity index (χ1v) is 32.8. The molecular weight excluding hydrogens is 1240 g/mol. The molecule has 1 aliphatic carbocycles. The van der Waals surface area contributed by atoms with E-state index >= 15 is 0 Å². The third-order valence-electron chi connectivity index (χ3n) is 19.7. The zero-order valence-electron chi connectivity index (χ0n) is 57.3. The van der Waals surface area contributed by atoms with Gasteiger partial charge in [-0.2, -0.15) is 0 Å². The molecule has 3 heterocycles. The fraction of sp³-hybridized carbons (Fsp3) is 0.403. The van der Waals surface area contributed by atoms with Gasteiger partial charge in [-0.15, -0.1) is 0 Å². The van der Waals surface area contributed by atoms with E-state index in [0.717, 1.165) is 56.9 Å². The van der Waals surface area contributed by atoms with E-state index in [2.05, 4.69) is 129 Å². The summed E-state index contributed by atoms with van der Waals surface area (Å²) >= 11 is 0. The molecule has 0 saturated heterocycles. The number of methoxy groups -OCH3 is 2. The molecule has 20 heteroatoms. The first-order valence-electron chi connectivity index (χ1n) is 32.8. The van der Waals surface area contributed by atoms with E-state index in [-0.39, 0.29) is 52.2 Å². The zero-order chi connectivity index (χ0) is 69.8. The number of benzene rings is 7. The molecule has 0 amide bonds. The Balaban J connectivity index is 0.000000261. The SMILES string of the molecule is CCc1cc([N+](=O)[O-])cc2c1OC1(Cc3ccccc3C1(C)C)CN2Cc1ccc(CN2c3ccccc3C(C)(C)C23CCc2cc([N+](=O)[O-])cc(COC(=O)CC(C)=O)c2O3)cc1.COC(=O)CC(=O)OC(C)COc1ccc(C(C)(C)c2ccc(OCC(C)OC)cc2)cc1. The van der Waals surface area contributed by atoms with E-state index < -0.39 is 58.5 Å². The number of hydrogen-bond acceptors (Lipinski definition) is 18. The molecule has 20 nitrogen and oxygen atoms in total. The van der Waals surface area contributed by atoms with Crippen LogP contribution in [0, 0.1) is 20.2 Å². The quantitative estimate of drug-likeness (QED) is 0.0190. The van der Waals surface area contributed by atoms with Crippen LogP contribution in [0.5, 0.6) is 23.0 Å². The van der Waals surface area contributed by atoms with Crippen molar-refractivity contribution in [3.05, 3.63) is 221 Å². The lowest BCUT2D eigenvalue weighted by Crippen LogP contribution is -2.61. The lowest BCUT2D eigenvalue weighted by atomic mass is 9.73. The number of non-ortho nitro benzene ring substituents is 2. The predicted molar refractivity (Wildman–Crippen MR) is 367 cm³/mol. The molecule has 4 unspecified atom stereocenters. The van der Waals surface area contributed by atoms with Crippen molar-refractivity contribution < 1.29 is 66.9 Å². The van der Waals surface area contributed by atoms with E-state index in [1.165, 1.54) is 37.3 Å². The molecule has 4 atom stereocenters. The van der Waals surface area contributed by atoms with Gasteiger partial charge in [-0.1, -0.05) is 126 Å².